The molecule has 29 heavy (non-hydrogen) atoms. The van der Waals surface area contributed by atoms with Crippen LogP contribution in [0.2, 0.25) is 0 Å². The highest BCUT2D eigenvalue weighted by atomic mass is 19.1. The number of ether oxygens (including phenoxy) is 1. The molecule has 0 saturated carbocycles. The van der Waals surface area contributed by atoms with E-state index >= 15 is 0 Å². The molecule has 0 atom stereocenters. The lowest BCUT2D eigenvalue weighted by molar-refractivity contribution is 0.0302. The zero-order chi connectivity index (χ0) is 20.4. The number of morpholine rings is 1. The maximum atomic E-state index is 14.7. The van der Waals surface area contributed by atoms with E-state index in [1.54, 1.807) is 35.2 Å². The van der Waals surface area contributed by atoms with Crippen molar-refractivity contribution in [2.75, 3.05) is 32.0 Å². The van der Waals surface area contributed by atoms with E-state index in [9.17, 15) is 9.18 Å². The number of benzene rings is 2. The van der Waals surface area contributed by atoms with Gasteiger partial charge in [0.15, 0.2) is 0 Å². The normalized spacial score (nSPS) is 14.0. The minimum absolute atomic E-state index is 0.0915. The number of hydrogen-bond acceptors (Lipinski definition) is 6. The molecule has 9 heteroatoms. The first kappa shape index (κ1) is 18.8. The van der Waals surface area contributed by atoms with Crippen LogP contribution in [0.5, 0.6) is 0 Å². The minimum atomic E-state index is -0.605. The first-order valence-corrected chi connectivity index (χ1v) is 9.07. The second-order valence-electron chi connectivity index (χ2n) is 6.58. The van der Waals surface area contributed by atoms with Crippen molar-refractivity contribution in [2.24, 2.45) is 0 Å². The van der Waals surface area contributed by atoms with Crippen LogP contribution in [-0.4, -0.2) is 57.8 Å². The predicted octanol–water partition coefficient (Wildman–Crippen LogP) is 1.88. The second-order valence-corrected chi connectivity index (χ2v) is 6.58. The zero-order valence-electron chi connectivity index (χ0n) is 15.5. The summed E-state index contributed by atoms with van der Waals surface area (Å²) in [5, 5.41) is 16.2. The first-order chi connectivity index (χ1) is 14.0. The number of anilines is 1. The SMILES string of the molecule is N=C(c1cn(-c2ccc(C(=O)N3CCOCC3)cc2F)nn1)c1ccccc1N. The van der Waals surface area contributed by atoms with Crippen molar-refractivity contribution in [3.8, 4) is 5.69 Å². The van der Waals surface area contributed by atoms with Crippen LogP contribution >= 0.6 is 0 Å². The number of nitrogens with one attached hydrogen (secondary N) is 1. The van der Waals surface area contributed by atoms with E-state index in [4.69, 9.17) is 15.9 Å². The van der Waals surface area contributed by atoms with E-state index < -0.39 is 5.82 Å². The fourth-order valence-corrected chi connectivity index (χ4v) is 3.13. The van der Waals surface area contributed by atoms with Gasteiger partial charge >= 0.3 is 0 Å². The topological polar surface area (TPSA) is 110 Å². The van der Waals surface area contributed by atoms with Crippen LogP contribution in [-0.2, 0) is 4.74 Å². The van der Waals surface area contributed by atoms with E-state index in [1.807, 2.05) is 0 Å². The van der Waals surface area contributed by atoms with Gasteiger partial charge in [-0.25, -0.2) is 9.07 Å². The lowest BCUT2D eigenvalue weighted by Crippen LogP contribution is -2.40. The van der Waals surface area contributed by atoms with E-state index in [1.165, 1.54) is 23.0 Å². The van der Waals surface area contributed by atoms with Crippen molar-refractivity contribution in [1.29, 1.82) is 5.41 Å². The van der Waals surface area contributed by atoms with Crippen molar-refractivity contribution in [2.45, 2.75) is 0 Å². The van der Waals surface area contributed by atoms with Gasteiger partial charge in [0.05, 0.1) is 25.1 Å². The summed E-state index contributed by atoms with van der Waals surface area (Å²) in [4.78, 5) is 14.1. The molecular formula is C20H19FN6O2. The summed E-state index contributed by atoms with van der Waals surface area (Å²) >= 11 is 0. The van der Waals surface area contributed by atoms with Crippen molar-refractivity contribution in [3.63, 3.8) is 0 Å². The molecule has 3 aromatic rings. The Hall–Kier alpha value is -3.59. The number of amides is 1. The molecule has 8 nitrogen and oxygen atoms in total. The summed E-state index contributed by atoms with van der Waals surface area (Å²) in [7, 11) is 0. The highest BCUT2D eigenvalue weighted by molar-refractivity contribution is 6.12. The molecule has 1 aliphatic rings. The Labute approximate surface area is 166 Å². The summed E-state index contributed by atoms with van der Waals surface area (Å²) in [6.07, 6.45) is 1.46. The van der Waals surface area contributed by atoms with Gasteiger partial charge in [0.1, 0.15) is 17.2 Å². The Morgan fingerprint density at radius 2 is 1.93 bits per heavy atom. The number of carbonyl (C=O) groups is 1. The summed E-state index contributed by atoms with van der Waals surface area (Å²) < 4.78 is 21.2. The van der Waals surface area contributed by atoms with Crippen LogP contribution in [0, 0.1) is 11.2 Å². The molecule has 148 valence electrons. The maximum absolute atomic E-state index is 14.7. The number of halogens is 1. The standard InChI is InChI=1S/C20H19FN6O2/c21-15-11-13(20(28)26-7-9-29-10-8-26)5-6-18(15)27-12-17(24-25-27)19(23)14-3-1-2-4-16(14)22/h1-6,11-12,23H,7-10,22H2. The molecule has 0 radical (unpaired) electrons. The average Bonchev–Trinajstić information content (AvgIpc) is 3.23. The molecule has 0 spiro atoms. The number of rotatable bonds is 4. The highest BCUT2D eigenvalue weighted by Gasteiger charge is 2.20. The van der Waals surface area contributed by atoms with Gasteiger partial charge in [0.2, 0.25) is 0 Å². The molecular weight excluding hydrogens is 375 g/mol. The number of carbonyl (C=O) groups excluding carboxylic acids is 1. The summed E-state index contributed by atoms with van der Waals surface area (Å²) in [6, 6.07) is 11.2. The van der Waals surface area contributed by atoms with Crippen LogP contribution in [0.3, 0.4) is 0 Å². The predicted molar refractivity (Wildman–Crippen MR) is 105 cm³/mol. The van der Waals surface area contributed by atoms with Crippen molar-refractivity contribution < 1.29 is 13.9 Å². The van der Waals surface area contributed by atoms with Gasteiger partial charge in [0.25, 0.3) is 5.91 Å². The van der Waals surface area contributed by atoms with Gasteiger partial charge in [-0.05, 0) is 24.3 Å². The van der Waals surface area contributed by atoms with E-state index in [0.29, 0.717) is 37.6 Å². The molecule has 4 rings (SSSR count). The number of para-hydroxylation sites is 1. The summed E-state index contributed by atoms with van der Waals surface area (Å²) in [5.41, 5.74) is 7.63. The fraction of sp³-hybridized carbons (Fsp3) is 0.200. The molecule has 3 N–H and O–H groups in total. The Morgan fingerprint density at radius 3 is 2.66 bits per heavy atom. The van der Waals surface area contributed by atoms with Crippen LogP contribution in [0.25, 0.3) is 5.69 Å². The second kappa shape index (κ2) is 7.80. The van der Waals surface area contributed by atoms with Gasteiger partial charge < -0.3 is 15.4 Å². The number of nitrogens with two attached hydrogens (primary N) is 1. The van der Waals surface area contributed by atoms with Crippen LogP contribution in [0.4, 0.5) is 10.1 Å². The maximum Gasteiger partial charge on any atom is 0.254 e. The average molecular weight is 394 g/mol. The molecule has 1 fully saturated rings. The molecule has 0 aliphatic carbocycles. The third kappa shape index (κ3) is 3.72. The molecule has 2 aromatic carbocycles. The Balaban J connectivity index is 1.57. The third-order valence-corrected chi connectivity index (χ3v) is 4.72. The van der Waals surface area contributed by atoms with Crippen LogP contribution in [0.1, 0.15) is 21.6 Å². The fourth-order valence-electron chi connectivity index (χ4n) is 3.13. The van der Waals surface area contributed by atoms with Gasteiger partial charge in [0, 0.05) is 29.9 Å². The van der Waals surface area contributed by atoms with Gasteiger partial charge in [-0.2, -0.15) is 0 Å². The van der Waals surface area contributed by atoms with E-state index in [-0.39, 0.29) is 28.6 Å². The summed E-state index contributed by atoms with van der Waals surface area (Å²) in [5.74, 6) is -0.842. The molecule has 1 saturated heterocycles. The molecule has 1 aromatic heterocycles. The van der Waals surface area contributed by atoms with Crippen molar-refractivity contribution in [1.82, 2.24) is 19.9 Å². The monoisotopic (exact) mass is 394 g/mol. The Bertz CT molecular complexity index is 1070. The summed E-state index contributed by atoms with van der Waals surface area (Å²) in [6.45, 7) is 1.93. The van der Waals surface area contributed by atoms with Crippen LogP contribution < -0.4 is 5.73 Å². The van der Waals surface area contributed by atoms with Gasteiger partial charge in [-0.1, -0.05) is 23.4 Å². The lowest BCUT2D eigenvalue weighted by atomic mass is 10.1. The number of nitrogens with zero attached hydrogens (tertiary/aromatic N) is 4. The molecule has 2 heterocycles. The number of hydrogen-bond donors (Lipinski definition) is 2. The molecule has 0 bridgehead atoms. The third-order valence-electron chi connectivity index (χ3n) is 4.72. The smallest absolute Gasteiger partial charge is 0.254 e. The zero-order valence-corrected chi connectivity index (χ0v) is 15.5. The molecule has 0 unspecified atom stereocenters. The van der Waals surface area contributed by atoms with Gasteiger partial charge in [-0.3, -0.25) is 10.2 Å². The molecule has 1 amide bonds. The Morgan fingerprint density at radius 1 is 1.17 bits per heavy atom. The largest absolute Gasteiger partial charge is 0.398 e. The lowest BCUT2D eigenvalue weighted by Gasteiger charge is -2.26. The van der Waals surface area contributed by atoms with E-state index in [0.717, 1.165) is 0 Å². The quantitative estimate of drug-likeness (QED) is 0.519. The Kier molecular flexibility index (Phi) is 5.05. The first-order valence-electron chi connectivity index (χ1n) is 9.07. The van der Waals surface area contributed by atoms with Crippen molar-refractivity contribution >= 4 is 17.3 Å². The molecule has 1 aliphatic heterocycles. The van der Waals surface area contributed by atoms with Crippen LogP contribution in [0.15, 0.2) is 48.7 Å². The highest BCUT2D eigenvalue weighted by Crippen LogP contribution is 2.19. The van der Waals surface area contributed by atoms with Crippen molar-refractivity contribution in [3.05, 3.63) is 71.3 Å². The number of nitrogen functional groups attached to an aromatic ring is 1. The van der Waals surface area contributed by atoms with Gasteiger partial charge in [-0.15, -0.1) is 5.10 Å². The minimum Gasteiger partial charge on any atom is -0.398 e. The van der Waals surface area contributed by atoms with E-state index in [2.05, 4.69) is 10.3 Å². The number of aromatic nitrogens is 3.